The van der Waals surface area contributed by atoms with Gasteiger partial charge in [-0.3, -0.25) is 9.78 Å². The first-order chi connectivity index (χ1) is 23.1. The summed E-state index contributed by atoms with van der Waals surface area (Å²) in [4.78, 5) is 19.3. The number of carboxylic acids is 1. The molecular weight excluding hydrogens is 643 g/mol. The number of aliphatic carboxylic acids is 1. The lowest BCUT2D eigenvalue weighted by Gasteiger charge is -2.40. The lowest BCUT2D eigenvalue weighted by molar-refractivity contribution is -0.136. The smallest absolute Gasteiger partial charge is 0.307 e. The molecule has 49 heavy (non-hydrogen) atoms. The van der Waals surface area contributed by atoms with Gasteiger partial charge in [-0.2, -0.15) is 0 Å². The zero-order chi connectivity index (χ0) is 35.8. The zero-order valence-electron chi connectivity index (χ0n) is 29.4. The number of benzene rings is 3. The van der Waals surface area contributed by atoms with Crippen LogP contribution in [-0.4, -0.2) is 46.5 Å². The van der Waals surface area contributed by atoms with Crippen molar-refractivity contribution in [2.45, 2.75) is 79.4 Å². The molecule has 1 saturated heterocycles. The van der Waals surface area contributed by atoms with Gasteiger partial charge in [-0.15, -0.1) is 0 Å². The molecule has 7 nitrogen and oxygen atoms in total. The number of anilines is 1. The lowest BCUT2D eigenvalue weighted by atomic mass is 9.82. The minimum Gasteiger partial charge on any atom is -0.493 e. The number of halogens is 2. The van der Waals surface area contributed by atoms with Gasteiger partial charge in [0.2, 0.25) is 0 Å². The topological polar surface area (TPSA) is 92.1 Å². The molecule has 0 atom stereocenters. The van der Waals surface area contributed by atoms with Crippen molar-refractivity contribution in [3.05, 3.63) is 106 Å². The third-order valence-electron chi connectivity index (χ3n) is 8.22. The average molecular weight is 691 g/mol. The number of rotatable bonds is 11. The first-order valence-corrected chi connectivity index (χ1v) is 17.0. The molecule has 0 aliphatic carbocycles. The van der Waals surface area contributed by atoms with Gasteiger partial charge in [-0.25, -0.2) is 4.39 Å². The quantitative estimate of drug-likeness (QED) is 0.162. The highest BCUT2D eigenvalue weighted by atomic mass is 35.5. The molecule has 9 heteroatoms. The highest BCUT2D eigenvalue weighted by molar-refractivity contribution is 6.30. The summed E-state index contributed by atoms with van der Waals surface area (Å²) >= 11 is 6.08. The summed E-state index contributed by atoms with van der Waals surface area (Å²) in [5.74, 6) is 0.227. The highest BCUT2D eigenvalue weighted by Crippen LogP contribution is 2.42. The Bertz CT molecular complexity index is 1670. The zero-order valence-corrected chi connectivity index (χ0v) is 30.1. The van der Waals surface area contributed by atoms with Gasteiger partial charge in [0, 0.05) is 41.4 Å². The van der Waals surface area contributed by atoms with Crippen molar-refractivity contribution in [3.63, 3.8) is 0 Å². The van der Waals surface area contributed by atoms with Crippen molar-refractivity contribution in [2.24, 2.45) is 5.41 Å². The molecule has 0 unspecified atom stereocenters. The van der Waals surface area contributed by atoms with Crippen LogP contribution in [0, 0.1) is 18.2 Å². The minimum absolute atomic E-state index is 0.121. The Morgan fingerprint density at radius 1 is 0.939 bits per heavy atom. The van der Waals surface area contributed by atoms with Crippen LogP contribution < -0.4 is 14.4 Å². The predicted molar refractivity (Wildman–Crippen MR) is 194 cm³/mol. The number of carboxylic acid groups (broad SMARTS) is 1. The highest BCUT2D eigenvalue weighted by Gasteiger charge is 2.31. The van der Waals surface area contributed by atoms with Gasteiger partial charge in [0.05, 0.1) is 30.0 Å². The van der Waals surface area contributed by atoms with Crippen LogP contribution in [-0.2, 0) is 24.2 Å². The summed E-state index contributed by atoms with van der Waals surface area (Å²) < 4.78 is 25.4. The third kappa shape index (κ3) is 11.8. The summed E-state index contributed by atoms with van der Waals surface area (Å²) in [5.41, 5.74) is 5.56. The monoisotopic (exact) mass is 690 g/mol. The summed E-state index contributed by atoms with van der Waals surface area (Å²) in [6.07, 6.45) is 2.53. The summed E-state index contributed by atoms with van der Waals surface area (Å²) in [6.45, 7) is 14.0. The van der Waals surface area contributed by atoms with E-state index in [-0.39, 0.29) is 24.3 Å². The molecule has 1 aliphatic heterocycles. The number of hydrogen-bond acceptors (Lipinski definition) is 6. The second-order valence-electron chi connectivity index (χ2n) is 14.2. The van der Waals surface area contributed by atoms with E-state index in [2.05, 4.69) is 18.7 Å². The molecule has 2 N–H and O–H groups in total. The van der Waals surface area contributed by atoms with Gasteiger partial charge < -0.3 is 24.6 Å². The molecule has 1 aliphatic rings. The Morgan fingerprint density at radius 2 is 1.49 bits per heavy atom. The number of aliphatic hydroxyl groups is 1. The molecule has 0 radical (unpaired) electrons. The van der Waals surface area contributed by atoms with E-state index in [9.17, 15) is 14.3 Å². The van der Waals surface area contributed by atoms with E-state index >= 15 is 0 Å². The number of piperidine rings is 1. The Morgan fingerprint density at radius 3 is 2.06 bits per heavy atom. The Kier molecular flexibility index (Phi) is 12.7. The van der Waals surface area contributed by atoms with Gasteiger partial charge in [0.25, 0.3) is 0 Å². The van der Waals surface area contributed by atoms with Gasteiger partial charge in [-0.1, -0.05) is 49.7 Å². The summed E-state index contributed by atoms with van der Waals surface area (Å²) in [7, 11) is 0. The Hall–Kier alpha value is -4.14. The Balaban J connectivity index is 0.00000101. The van der Waals surface area contributed by atoms with Crippen LogP contribution in [0.4, 0.5) is 10.1 Å². The number of nitrogens with zero attached hydrogens (tertiary/aromatic N) is 2. The van der Waals surface area contributed by atoms with E-state index in [1.165, 1.54) is 12.1 Å². The molecule has 1 fully saturated rings. The van der Waals surface area contributed by atoms with E-state index in [1.54, 1.807) is 45.0 Å². The van der Waals surface area contributed by atoms with Crippen molar-refractivity contribution in [1.82, 2.24) is 4.98 Å². The molecule has 1 aromatic heterocycles. The van der Waals surface area contributed by atoms with Crippen LogP contribution in [0.3, 0.4) is 0 Å². The van der Waals surface area contributed by atoms with E-state index in [0.717, 1.165) is 59.6 Å². The van der Waals surface area contributed by atoms with Crippen molar-refractivity contribution in [2.75, 3.05) is 24.6 Å². The molecular formula is C40H48ClFN2O5. The molecule has 0 saturated carbocycles. The molecule has 5 rings (SSSR count). The minimum atomic E-state index is -0.894. The fourth-order valence-corrected chi connectivity index (χ4v) is 5.70. The lowest BCUT2D eigenvalue weighted by Crippen LogP contribution is -2.38. The summed E-state index contributed by atoms with van der Waals surface area (Å²) in [5, 5.41) is 19.0. The summed E-state index contributed by atoms with van der Waals surface area (Å²) in [6, 6.07) is 21.5. The van der Waals surface area contributed by atoms with Crippen LogP contribution >= 0.6 is 11.6 Å². The normalized spacial score (nSPS) is 14.1. The molecule has 0 spiro atoms. The second kappa shape index (κ2) is 16.5. The Labute approximate surface area is 294 Å². The van der Waals surface area contributed by atoms with E-state index in [1.807, 2.05) is 43.3 Å². The molecule has 0 amide bonds. The maximum atomic E-state index is 13.2. The van der Waals surface area contributed by atoms with Crippen molar-refractivity contribution in [3.8, 4) is 22.6 Å². The molecule has 3 aromatic carbocycles. The van der Waals surface area contributed by atoms with Crippen molar-refractivity contribution in [1.29, 1.82) is 0 Å². The largest absolute Gasteiger partial charge is 0.493 e. The molecule has 4 aromatic rings. The predicted octanol–water partition coefficient (Wildman–Crippen LogP) is 9.08. The number of ether oxygens (including phenoxy) is 2. The van der Waals surface area contributed by atoms with Crippen LogP contribution in [0.1, 0.15) is 70.0 Å². The average Bonchev–Trinajstić information content (AvgIpc) is 3.02. The first-order valence-electron chi connectivity index (χ1n) is 16.7. The number of hydrogen-bond donors (Lipinski definition) is 2. The third-order valence-corrected chi connectivity index (χ3v) is 8.47. The second-order valence-corrected chi connectivity index (χ2v) is 14.7. The fourth-order valence-electron chi connectivity index (χ4n) is 5.58. The first kappa shape index (κ1) is 37.7. The van der Waals surface area contributed by atoms with Gasteiger partial charge in [0.15, 0.2) is 0 Å². The number of pyridine rings is 1. The molecule has 0 bridgehead atoms. The standard InChI is InChI=1S/C36H38ClFN2O4.C4H10O/c1-24-31(22-33(41)42)35(40-19-17-36(2,3)18-20-40)34(32(39-24)23-44-30-14-8-27(37)9-15-30)26-6-12-29(13-7-26)43-21-16-25-4-10-28(38)11-5-25;1-4(2,3)5/h4-15H,16-23H2,1-3H3,(H,41,42);5H,1-3H3. The van der Waals surface area contributed by atoms with Crippen LogP contribution in [0.25, 0.3) is 11.1 Å². The van der Waals surface area contributed by atoms with E-state index in [4.69, 9.17) is 31.2 Å². The number of carbonyl (C=O) groups is 1. The maximum Gasteiger partial charge on any atom is 0.307 e. The van der Waals surface area contributed by atoms with E-state index in [0.29, 0.717) is 35.2 Å². The van der Waals surface area contributed by atoms with Gasteiger partial charge in [0.1, 0.15) is 23.9 Å². The van der Waals surface area contributed by atoms with Crippen molar-refractivity contribution >= 4 is 23.3 Å². The maximum absolute atomic E-state index is 13.2. The SMILES string of the molecule is CC(C)(C)O.Cc1nc(COc2ccc(Cl)cc2)c(-c2ccc(OCCc3ccc(F)cc3)cc2)c(N2CCC(C)(C)CC2)c1CC(=O)O. The van der Waals surface area contributed by atoms with Gasteiger partial charge in [-0.05, 0) is 106 Å². The fraction of sp³-hybridized carbons (Fsp3) is 0.400. The van der Waals surface area contributed by atoms with Crippen LogP contribution in [0.5, 0.6) is 11.5 Å². The van der Waals surface area contributed by atoms with Gasteiger partial charge >= 0.3 is 5.97 Å². The number of aryl methyl sites for hydroxylation is 1. The van der Waals surface area contributed by atoms with Crippen LogP contribution in [0.15, 0.2) is 72.8 Å². The van der Waals surface area contributed by atoms with Crippen LogP contribution in [0.2, 0.25) is 5.02 Å². The molecule has 262 valence electrons. The van der Waals surface area contributed by atoms with E-state index < -0.39 is 11.6 Å². The van der Waals surface area contributed by atoms with Crippen molar-refractivity contribution < 1.29 is 28.9 Å². The number of aromatic nitrogens is 1. The molecule has 2 heterocycles.